The zero-order chi connectivity index (χ0) is 14.4. The minimum absolute atomic E-state index is 0.0290. The van der Waals surface area contributed by atoms with Crippen molar-refractivity contribution < 1.29 is 19.1 Å². The molecule has 0 spiro atoms. The van der Waals surface area contributed by atoms with Crippen LogP contribution in [0.1, 0.15) is 19.8 Å². The summed E-state index contributed by atoms with van der Waals surface area (Å²) >= 11 is 5.75. The van der Waals surface area contributed by atoms with Gasteiger partial charge in [-0.25, -0.2) is 9.18 Å². The predicted molar refractivity (Wildman–Crippen MR) is 69.9 cm³/mol. The van der Waals surface area contributed by atoms with Gasteiger partial charge >= 0.3 is 12.0 Å². The van der Waals surface area contributed by atoms with E-state index in [9.17, 15) is 14.0 Å². The van der Waals surface area contributed by atoms with Crippen LogP contribution in [0.4, 0.5) is 14.9 Å². The number of halogens is 2. The zero-order valence-corrected chi connectivity index (χ0v) is 11.0. The third-order valence-corrected chi connectivity index (χ3v) is 2.66. The van der Waals surface area contributed by atoms with Crippen molar-refractivity contribution in [3.63, 3.8) is 0 Å². The maximum Gasteiger partial charge on any atom is 0.319 e. The van der Waals surface area contributed by atoms with Crippen molar-refractivity contribution in [3.05, 3.63) is 29.0 Å². The van der Waals surface area contributed by atoms with E-state index in [0.717, 1.165) is 6.07 Å². The van der Waals surface area contributed by atoms with Crippen LogP contribution < -0.4 is 10.6 Å². The van der Waals surface area contributed by atoms with Crippen molar-refractivity contribution in [1.29, 1.82) is 0 Å². The topological polar surface area (TPSA) is 78.4 Å². The first kappa shape index (κ1) is 15.2. The van der Waals surface area contributed by atoms with E-state index in [1.807, 2.05) is 0 Å². The third kappa shape index (κ3) is 5.56. The normalized spacial score (nSPS) is 11.7. The van der Waals surface area contributed by atoms with Crippen molar-refractivity contribution in [2.75, 3.05) is 5.32 Å². The fourth-order valence-corrected chi connectivity index (χ4v) is 1.60. The number of anilines is 1. The molecule has 1 aromatic carbocycles. The SMILES string of the molecule is CC(CCC(=O)O)NC(=O)Nc1ccc(F)cc1Cl. The molecule has 2 amide bonds. The highest BCUT2D eigenvalue weighted by molar-refractivity contribution is 6.33. The molecule has 5 nitrogen and oxygen atoms in total. The Bertz CT molecular complexity index is 482. The molecule has 1 unspecified atom stereocenters. The lowest BCUT2D eigenvalue weighted by molar-refractivity contribution is -0.137. The average molecular weight is 289 g/mol. The molecule has 0 aliphatic heterocycles. The Hall–Kier alpha value is -1.82. The second-order valence-electron chi connectivity index (χ2n) is 4.06. The summed E-state index contributed by atoms with van der Waals surface area (Å²) in [4.78, 5) is 22.0. The van der Waals surface area contributed by atoms with Crippen molar-refractivity contribution in [2.45, 2.75) is 25.8 Å². The number of carbonyl (C=O) groups excluding carboxylic acids is 1. The Labute approximate surface area is 114 Å². The molecular weight excluding hydrogens is 275 g/mol. The zero-order valence-electron chi connectivity index (χ0n) is 10.2. The van der Waals surface area contributed by atoms with Gasteiger partial charge in [-0.2, -0.15) is 0 Å². The monoisotopic (exact) mass is 288 g/mol. The van der Waals surface area contributed by atoms with Crippen LogP contribution in [-0.4, -0.2) is 23.1 Å². The van der Waals surface area contributed by atoms with Gasteiger partial charge in [-0.15, -0.1) is 0 Å². The third-order valence-electron chi connectivity index (χ3n) is 2.35. The van der Waals surface area contributed by atoms with Crippen LogP contribution in [0.25, 0.3) is 0 Å². The number of aliphatic carboxylic acids is 1. The van der Waals surface area contributed by atoms with Crippen molar-refractivity contribution in [3.8, 4) is 0 Å². The summed E-state index contributed by atoms with van der Waals surface area (Å²) < 4.78 is 12.8. The Kier molecular flexibility index (Phi) is 5.57. The molecule has 0 aromatic heterocycles. The van der Waals surface area contributed by atoms with Crippen LogP contribution in [0.15, 0.2) is 18.2 Å². The van der Waals surface area contributed by atoms with Gasteiger partial charge in [0, 0.05) is 12.5 Å². The molecule has 0 heterocycles. The van der Waals surface area contributed by atoms with Gasteiger partial charge in [0.25, 0.3) is 0 Å². The van der Waals surface area contributed by atoms with Crippen LogP contribution in [0.3, 0.4) is 0 Å². The minimum Gasteiger partial charge on any atom is -0.481 e. The number of carboxylic acid groups (broad SMARTS) is 1. The molecule has 104 valence electrons. The van der Waals surface area contributed by atoms with Crippen LogP contribution in [-0.2, 0) is 4.79 Å². The molecule has 7 heteroatoms. The molecular formula is C12H14ClFN2O3. The fraction of sp³-hybridized carbons (Fsp3) is 0.333. The van der Waals surface area contributed by atoms with E-state index < -0.39 is 17.8 Å². The Morgan fingerprint density at radius 2 is 2.16 bits per heavy atom. The van der Waals surface area contributed by atoms with E-state index in [0.29, 0.717) is 6.42 Å². The highest BCUT2D eigenvalue weighted by atomic mass is 35.5. The molecule has 1 atom stereocenters. The summed E-state index contributed by atoms with van der Waals surface area (Å²) in [7, 11) is 0. The van der Waals surface area contributed by atoms with Crippen molar-refractivity contribution in [1.82, 2.24) is 5.32 Å². The number of hydrogen-bond donors (Lipinski definition) is 3. The van der Waals surface area contributed by atoms with Gasteiger partial charge in [0.15, 0.2) is 0 Å². The second kappa shape index (κ2) is 6.94. The number of hydrogen-bond acceptors (Lipinski definition) is 2. The van der Waals surface area contributed by atoms with E-state index in [4.69, 9.17) is 16.7 Å². The summed E-state index contributed by atoms with van der Waals surface area (Å²) in [5.41, 5.74) is 0.283. The van der Waals surface area contributed by atoms with Gasteiger partial charge in [-0.05, 0) is 31.5 Å². The predicted octanol–water partition coefficient (Wildman–Crippen LogP) is 2.85. The van der Waals surface area contributed by atoms with E-state index in [2.05, 4.69) is 10.6 Å². The van der Waals surface area contributed by atoms with Gasteiger partial charge in [0.2, 0.25) is 0 Å². The number of rotatable bonds is 5. The number of amides is 2. The number of carbonyl (C=O) groups is 2. The minimum atomic E-state index is -0.921. The maximum atomic E-state index is 12.8. The summed E-state index contributed by atoms with van der Waals surface area (Å²) in [6.45, 7) is 1.69. The van der Waals surface area contributed by atoms with E-state index >= 15 is 0 Å². The lowest BCUT2D eigenvalue weighted by Crippen LogP contribution is -2.36. The van der Waals surface area contributed by atoms with E-state index in [1.54, 1.807) is 6.92 Å². The van der Waals surface area contributed by atoms with Gasteiger partial charge in [-0.3, -0.25) is 4.79 Å². The highest BCUT2D eigenvalue weighted by Crippen LogP contribution is 2.22. The Balaban J connectivity index is 2.48. The fourth-order valence-electron chi connectivity index (χ4n) is 1.39. The van der Waals surface area contributed by atoms with Gasteiger partial charge < -0.3 is 15.7 Å². The smallest absolute Gasteiger partial charge is 0.319 e. The van der Waals surface area contributed by atoms with E-state index in [1.165, 1.54) is 12.1 Å². The largest absolute Gasteiger partial charge is 0.481 e. The van der Waals surface area contributed by atoms with Gasteiger partial charge in [-0.1, -0.05) is 11.6 Å². The Morgan fingerprint density at radius 1 is 1.47 bits per heavy atom. The number of nitrogens with one attached hydrogen (secondary N) is 2. The quantitative estimate of drug-likeness (QED) is 0.779. The highest BCUT2D eigenvalue weighted by Gasteiger charge is 2.10. The first-order valence-corrected chi connectivity index (χ1v) is 6.00. The van der Waals surface area contributed by atoms with Crippen LogP contribution in [0, 0.1) is 5.82 Å². The molecule has 0 saturated carbocycles. The summed E-state index contributed by atoms with van der Waals surface area (Å²) in [5, 5.41) is 13.6. The Morgan fingerprint density at radius 3 is 2.74 bits per heavy atom. The van der Waals surface area contributed by atoms with Crippen LogP contribution in [0.5, 0.6) is 0 Å². The standard InChI is InChI=1S/C12H14ClFN2O3/c1-7(2-5-11(17)18)15-12(19)16-10-4-3-8(14)6-9(10)13/h3-4,6-7H,2,5H2,1H3,(H,17,18)(H2,15,16,19). The van der Waals surface area contributed by atoms with Gasteiger partial charge in [0.05, 0.1) is 10.7 Å². The molecule has 0 fully saturated rings. The molecule has 1 aromatic rings. The number of urea groups is 1. The van der Waals surface area contributed by atoms with Crippen molar-refractivity contribution >= 4 is 29.3 Å². The second-order valence-corrected chi connectivity index (χ2v) is 4.46. The summed E-state index contributed by atoms with van der Waals surface area (Å²) in [6.07, 6.45) is 0.290. The lowest BCUT2D eigenvalue weighted by atomic mass is 10.2. The van der Waals surface area contributed by atoms with Crippen LogP contribution >= 0.6 is 11.6 Å². The maximum absolute atomic E-state index is 12.8. The molecule has 0 aliphatic carbocycles. The molecule has 0 aliphatic rings. The van der Waals surface area contributed by atoms with E-state index in [-0.39, 0.29) is 23.2 Å². The molecule has 0 bridgehead atoms. The molecule has 0 saturated heterocycles. The van der Waals surface area contributed by atoms with Crippen molar-refractivity contribution in [2.24, 2.45) is 0 Å². The molecule has 19 heavy (non-hydrogen) atoms. The molecule has 0 radical (unpaired) electrons. The first-order valence-electron chi connectivity index (χ1n) is 5.63. The summed E-state index contributed by atoms with van der Waals surface area (Å²) in [5.74, 6) is -1.42. The summed E-state index contributed by atoms with van der Waals surface area (Å²) in [6, 6.07) is 2.79. The molecule has 1 rings (SSSR count). The number of carboxylic acids is 1. The van der Waals surface area contributed by atoms with Gasteiger partial charge in [0.1, 0.15) is 5.82 Å². The van der Waals surface area contributed by atoms with Crippen LogP contribution in [0.2, 0.25) is 5.02 Å². The lowest BCUT2D eigenvalue weighted by Gasteiger charge is -2.14. The first-order chi connectivity index (χ1) is 8.88. The number of benzene rings is 1. The average Bonchev–Trinajstić information content (AvgIpc) is 2.30. The molecule has 3 N–H and O–H groups in total.